The summed E-state index contributed by atoms with van der Waals surface area (Å²) in [6.45, 7) is 2.34. The largest absolute Gasteiger partial charge is 0.468 e. The number of thiophene rings is 1. The summed E-state index contributed by atoms with van der Waals surface area (Å²) in [5, 5.41) is 3.34. The highest BCUT2D eigenvalue weighted by atomic mass is 32.1. The second-order valence-corrected chi connectivity index (χ2v) is 4.74. The molecule has 3 nitrogen and oxygen atoms in total. The number of ether oxygens (including phenoxy) is 1. The van der Waals surface area contributed by atoms with Crippen LogP contribution in [0, 0.1) is 0 Å². The minimum Gasteiger partial charge on any atom is -0.468 e. The standard InChI is InChI=1S/C12H15NO2S/c1-14-9-12-5-4-11(16-12)8-13-7-10-3-2-6-15-10/h2-6,13H,7-9H2,1H3. The Hall–Kier alpha value is -1.10. The summed E-state index contributed by atoms with van der Waals surface area (Å²) in [7, 11) is 1.72. The zero-order chi connectivity index (χ0) is 11.2. The van der Waals surface area contributed by atoms with Gasteiger partial charge in [0.2, 0.25) is 0 Å². The first-order valence-corrected chi connectivity index (χ1v) is 6.00. The maximum absolute atomic E-state index is 5.24. The average Bonchev–Trinajstić information content (AvgIpc) is 2.90. The highest BCUT2D eigenvalue weighted by molar-refractivity contribution is 7.11. The van der Waals surface area contributed by atoms with Crippen molar-refractivity contribution in [2.45, 2.75) is 19.7 Å². The van der Waals surface area contributed by atoms with Crippen LogP contribution in [0.25, 0.3) is 0 Å². The third-order valence-corrected chi connectivity index (χ3v) is 3.24. The molecule has 0 amide bonds. The molecule has 1 N–H and O–H groups in total. The van der Waals surface area contributed by atoms with E-state index in [1.165, 1.54) is 9.75 Å². The molecule has 0 bridgehead atoms. The van der Waals surface area contributed by atoms with Gasteiger partial charge in [-0.2, -0.15) is 0 Å². The number of methoxy groups -OCH3 is 1. The summed E-state index contributed by atoms with van der Waals surface area (Å²) >= 11 is 1.78. The molecule has 0 aliphatic rings. The predicted molar refractivity (Wildman–Crippen MR) is 64.3 cm³/mol. The predicted octanol–water partition coefficient (Wildman–Crippen LogP) is 2.78. The van der Waals surface area contributed by atoms with Gasteiger partial charge in [-0.1, -0.05) is 0 Å². The molecule has 0 unspecified atom stereocenters. The van der Waals surface area contributed by atoms with Crippen LogP contribution in [0.4, 0.5) is 0 Å². The van der Waals surface area contributed by atoms with Crippen LogP contribution >= 0.6 is 11.3 Å². The monoisotopic (exact) mass is 237 g/mol. The Morgan fingerprint density at radius 1 is 1.25 bits per heavy atom. The van der Waals surface area contributed by atoms with Gasteiger partial charge >= 0.3 is 0 Å². The molecule has 2 aromatic rings. The molecule has 0 aromatic carbocycles. The van der Waals surface area contributed by atoms with Gasteiger partial charge in [0.25, 0.3) is 0 Å². The molecule has 2 aromatic heterocycles. The molecule has 2 rings (SSSR count). The van der Waals surface area contributed by atoms with Crippen molar-refractivity contribution in [3.8, 4) is 0 Å². The Bertz CT molecular complexity index is 408. The van der Waals surface area contributed by atoms with Crippen LogP contribution in [0.5, 0.6) is 0 Å². The van der Waals surface area contributed by atoms with E-state index < -0.39 is 0 Å². The van der Waals surface area contributed by atoms with Crippen LogP contribution in [0.15, 0.2) is 34.9 Å². The van der Waals surface area contributed by atoms with Crippen molar-refractivity contribution in [2.75, 3.05) is 7.11 Å². The molecule has 0 atom stereocenters. The quantitative estimate of drug-likeness (QED) is 0.839. The van der Waals surface area contributed by atoms with Crippen LogP contribution in [0.1, 0.15) is 15.5 Å². The number of nitrogens with one attached hydrogen (secondary N) is 1. The highest BCUT2D eigenvalue weighted by Gasteiger charge is 2.00. The molecule has 4 heteroatoms. The van der Waals surface area contributed by atoms with Gasteiger partial charge in [0.15, 0.2) is 0 Å². The Morgan fingerprint density at radius 3 is 2.88 bits per heavy atom. The van der Waals surface area contributed by atoms with E-state index in [4.69, 9.17) is 9.15 Å². The van der Waals surface area contributed by atoms with Crippen LogP contribution in [0.3, 0.4) is 0 Å². The van der Waals surface area contributed by atoms with E-state index in [2.05, 4.69) is 17.4 Å². The maximum Gasteiger partial charge on any atom is 0.117 e. The second-order valence-electron chi connectivity index (χ2n) is 3.48. The molecule has 0 spiro atoms. The Morgan fingerprint density at radius 2 is 2.12 bits per heavy atom. The lowest BCUT2D eigenvalue weighted by Crippen LogP contribution is -2.10. The number of rotatable bonds is 6. The van der Waals surface area contributed by atoms with Crippen molar-refractivity contribution in [3.05, 3.63) is 46.0 Å². The lowest BCUT2D eigenvalue weighted by atomic mass is 10.4. The van der Waals surface area contributed by atoms with Crippen molar-refractivity contribution < 1.29 is 9.15 Å². The smallest absolute Gasteiger partial charge is 0.117 e. The van der Waals surface area contributed by atoms with Gasteiger partial charge in [0.1, 0.15) is 5.76 Å². The molecule has 0 aliphatic heterocycles. The van der Waals surface area contributed by atoms with Gasteiger partial charge in [0.05, 0.1) is 19.4 Å². The van der Waals surface area contributed by atoms with Gasteiger partial charge in [-0.3, -0.25) is 0 Å². The molecular weight excluding hydrogens is 222 g/mol. The summed E-state index contributed by atoms with van der Waals surface area (Å²) < 4.78 is 10.3. The minimum atomic E-state index is 0.697. The van der Waals surface area contributed by atoms with E-state index in [0.717, 1.165) is 18.8 Å². The summed E-state index contributed by atoms with van der Waals surface area (Å²) in [6.07, 6.45) is 1.69. The van der Waals surface area contributed by atoms with Crippen LogP contribution < -0.4 is 5.32 Å². The van der Waals surface area contributed by atoms with Crippen molar-refractivity contribution in [3.63, 3.8) is 0 Å². The molecule has 2 heterocycles. The van der Waals surface area contributed by atoms with E-state index in [-0.39, 0.29) is 0 Å². The molecule has 0 aliphatic carbocycles. The SMILES string of the molecule is COCc1ccc(CNCc2ccco2)s1. The molecule has 0 saturated heterocycles. The van der Waals surface area contributed by atoms with Crippen molar-refractivity contribution in [1.29, 1.82) is 0 Å². The van der Waals surface area contributed by atoms with E-state index >= 15 is 0 Å². The maximum atomic E-state index is 5.24. The summed E-state index contributed by atoms with van der Waals surface area (Å²) in [5.74, 6) is 0.966. The minimum absolute atomic E-state index is 0.697. The first-order valence-electron chi connectivity index (χ1n) is 5.18. The molecule has 0 radical (unpaired) electrons. The molecular formula is C12H15NO2S. The lowest BCUT2D eigenvalue weighted by molar-refractivity contribution is 0.187. The molecule has 0 saturated carbocycles. The van der Waals surface area contributed by atoms with Gasteiger partial charge < -0.3 is 14.5 Å². The van der Waals surface area contributed by atoms with Crippen LogP contribution in [0.2, 0.25) is 0 Å². The van der Waals surface area contributed by atoms with Gasteiger partial charge in [-0.25, -0.2) is 0 Å². The van der Waals surface area contributed by atoms with Gasteiger partial charge in [-0.05, 0) is 24.3 Å². The lowest BCUT2D eigenvalue weighted by Gasteiger charge is -1.99. The van der Waals surface area contributed by atoms with E-state index in [1.807, 2.05) is 12.1 Å². The van der Waals surface area contributed by atoms with Crippen molar-refractivity contribution in [1.82, 2.24) is 5.32 Å². The zero-order valence-electron chi connectivity index (χ0n) is 9.23. The third kappa shape index (κ3) is 3.20. The average molecular weight is 237 g/mol. The topological polar surface area (TPSA) is 34.4 Å². The number of hydrogen-bond acceptors (Lipinski definition) is 4. The van der Waals surface area contributed by atoms with Crippen LogP contribution in [-0.2, 0) is 24.4 Å². The number of furan rings is 1. The summed E-state index contributed by atoms with van der Waals surface area (Å²) in [5.41, 5.74) is 0. The fourth-order valence-corrected chi connectivity index (χ4v) is 2.42. The Kier molecular flexibility index (Phi) is 4.16. The van der Waals surface area contributed by atoms with Gasteiger partial charge in [0, 0.05) is 23.4 Å². The summed E-state index contributed by atoms with van der Waals surface area (Å²) in [6, 6.07) is 8.11. The Labute approximate surface area is 99.0 Å². The highest BCUT2D eigenvalue weighted by Crippen LogP contribution is 2.17. The third-order valence-electron chi connectivity index (χ3n) is 2.18. The molecule has 0 fully saturated rings. The zero-order valence-corrected chi connectivity index (χ0v) is 10.0. The molecule has 16 heavy (non-hydrogen) atoms. The van der Waals surface area contributed by atoms with Crippen molar-refractivity contribution in [2.24, 2.45) is 0 Å². The van der Waals surface area contributed by atoms with Crippen molar-refractivity contribution >= 4 is 11.3 Å². The first-order chi connectivity index (χ1) is 7.88. The number of hydrogen-bond donors (Lipinski definition) is 1. The van der Waals surface area contributed by atoms with Gasteiger partial charge in [-0.15, -0.1) is 11.3 Å². The fourth-order valence-electron chi connectivity index (χ4n) is 1.46. The van der Waals surface area contributed by atoms with E-state index in [9.17, 15) is 0 Å². The van der Waals surface area contributed by atoms with E-state index in [0.29, 0.717) is 6.61 Å². The first kappa shape index (κ1) is 11.4. The normalized spacial score (nSPS) is 10.8. The molecule has 86 valence electrons. The van der Waals surface area contributed by atoms with Crippen LogP contribution in [-0.4, -0.2) is 7.11 Å². The Balaban J connectivity index is 1.76. The summed E-state index contributed by atoms with van der Waals surface area (Å²) in [4.78, 5) is 2.58. The second kappa shape index (κ2) is 5.84. The van der Waals surface area contributed by atoms with E-state index in [1.54, 1.807) is 24.7 Å². The fraction of sp³-hybridized carbons (Fsp3) is 0.333.